The third kappa shape index (κ3) is 4.34. The van der Waals surface area contributed by atoms with Crippen LogP contribution in [0, 0.1) is 6.92 Å². The third-order valence-corrected chi connectivity index (χ3v) is 6.26. The summed E-state index contributed by atoms with van der Waals surface area (Å²) < 4.78 is 23.6. The van der Waals surface area contributed by atoms with Gasteiger partial charge in [-0.25, -0.2) is 0 Å². The summed E-state index contributed by atoms with van der Waals surface area (Å²) in [6, 6.07) is 13.7. The molecule has 0 bridgehead atoms. The fraction of sp³-hybridized carbons (Fsp3) is 0.154. The summed E-state index contributed by atoms with van der Waals surface area (Å²) in [6.07, 6.45) is 1.67. The first-order valence-corrected chi connectivity index (χ1v) is 11.6. The van der Waals surface area contributed by atoms with Crippen molar-refractivity contribution in [3.8, 4) is 17.2 Å². The number of rotatable bonds is 5. The maximum atomic E-state index is 13.0. The van der Waals surface area contributed by atoms with E-state index in [1.807, 2.05) is 12.1 Å². The number of carbonyl (C=O) groups excluding carboxylic acids is 2. The number of hydrogen-bond acceptors (Lipinski definition) is 6. The highest BCUT2D eigenvalue weighted by molar-refractivity contribution is 9.10. The molecule has 0 saturated carbocycles. The number of halogens is 2. The number of allylic oxidation sites excluding steroid dienone is 1. The molecule has 0 aromatic heterocycles. The highest BCUT2D eigenvalue weighted by Gasteiger charge is 2.31. The van der Waals surface area contributed by atoms with Crippen molar-refractivity contribution in [2.45, 2.75) is 13.5 Å². The van der Waals surface area contributed by atoms with Gasteiger partial charge in [0.15, 0.2) is 24.9 Å². The van der Waals surface area contributed by atoms with E-state index in [0.717, 1.165) is 10.0 Å². The molecule has 0 radical (unpaired) electrons. The third-order valence-electron chi connectivity index (χ3n) is 5.55. The molecule has 5 rings (SSSR count). The van der Waals surface area contributed by atoms with E-state index in [9.17, 15) is 9.59 Å². The minimum atomic E-state index is -0.234. The predicted octanol–water partition coefficient (Wildman–Crippen LogP) is 6.16. The van der Waals surface area contributed by atoms with Gasteiger partial charge in [0.2, 0.25) is 5.78 Å². The quantitative estimate of drug-likeness (QED) is 0.285. The predicted molar refractivity (Wildman–Crippen MR) is 130 cm³/mol. The highest BCUT2D eigenvalue weighted by Crippen LogP contribution is 2.41. The summed E-state index contributed by atoms with van der Waals surface area (Å²) in [5.74, 6) is 1.31. The van der Waals surface area contributed by atoms with Crippen molar-refractivity contribution >= 4 is 45.2 Å². The molecule has 0 unspecified atom stereocenters. The second-order valence-corrected chi connectivity index (χ2v) is 9.17. The second kappa shape index (κ2) is 9.25. The van der Waals surface area contributed by atoms with Gasteiger partial charge in [0.1, 0.15) is 17.2 Å². The smallest absolute Gasteiger partial charge is 0.231 e. The highest BCUT2D eigenvalue weighted by atomic mass is 79.9. The lowest BCUT2D eigenvalue weighted by Crippen LogP contribution is -2.12. The van der Waals surface area contributed by atoms with E-state index in [1.54, 1.807) is 49.4 Å². The van der Waals surface area contributed by atoms with Gasteiger partial charge in [0.05, 0.1) is 12.2 Å². The van der Waals surface area contributed by atoms with Gasteiger partial charge in [-0.05, 0) is 61.5 Å². The number of fused-ring (bicyclic) bond motifs is 2. The van der Waals surface area contributed by atoms with Crippen LogP contribution < -0.4 is 14.2 Å². The zero-order chi connectivity index (χ0) is 23.8. The molecule has 6 nitrogen and oxygen atoms in total. The number of ether oxygens (including phenoxy) is 4. The molecule has 172 valence electrons. The monoisotopic (exact) mass is 540 g/mol. The van der Waals surface area contributed by atoms with Gasteiger partial charge in [0.25, 0.3) is 0 Å². The fourth-order valence-electron chi connectivity index (χ4n) is 3.84. The molecule has 0 atom stereocenters. The molecule has 0 saturated heterocycles. The minimum absolute atomic E-state index is 0.147. The van der Waals surface area contributed by atoms with E-state index in [-0.39, 0.29) is 30.7 Å². The number of hydrogen-bond donors (Lipinski definition) is 0. The summed E-state index contributed by atoms with van der Waals surface area (Å²) in [7, 11) is 0. The van der Waals surface area contributed by atoms with Gasteiger partial charge in [-0.1, -0.05) is 27.5 Å². The lowest BCUT2D eigenvalue weighted by Gasteiger charge is -2.20. The standard InChI is InChI=1S/C26H18BrClO6/c1-14-22(32-12-21(29)15-2-4-19(28)5-3-15)7-6-20-24(30)23(34-25(14)20)10-16-8-18(27)9-17-11-31-13-33-26(16)17/h2-10H,11-13H2,1H3/b23-10-. The van der Waals surface area contributed by atoms with Crippen molar-refractivity contribution in [2.75, 3.05) is 13.4 Å². The lowest BCUT2D eigenvalue weighted by molar-refractivity contribution is -0.0165. The van der Waals surface area contributed by atoms with Crippen molar-refractivity contribution in [3.63, 3.8) is 0 Å². The molecule has 2 aliphatic heterocycles. The van der Waals surface area contributed by atoms with Crippen LogP contribution in [0.1, 0.15) is 37.4 Å². The Morgan fingerprint density at radius 2 is 1.94 bits per heavy atom. The van der Waals surface area contributed by atoms with Crippen molar-refractivity contribution in [3.05, 3.63) is 91.6 Å². The van der Waals surface area contributed by atoms with Crippen LogP contribution in [-0.4, -0.2) is 25.0 Å². The Balaban J connectivity index is 1.38. The van der Waals surface area contributed by atoms with E-state index < -0.39 is 0 Å². The molecule has 0 N–H and O–H groups in total. The Morgan fingerprint density at radius 1 is 1.15 bits per heavy atom. The topological polar surface area (TPSA) is 71.1 Å². The molecule has 0 spiro atoms. The first kappa shape index (κ1) is 22.7. The van der Waals surface area contributed by atoms with Crippen LogP contribution in [0.3, 0.4) is 0 Å². The van der Waals surface area contributed by atoms with E-state index in [0.29, 0.717) is 51.1 Å². The van der Waals surface area contributed by atoms with E-state index >= 15 is 0 Å². The van der Waals surface area contributed by atoms with Gasteiger partial charge in [0, 0.05) is 31.7 Å². The zero-order valence-electron chi connectivity index (χ0n) is 18.0. The Kier molecular flexibility index (Phi) is 6.16. The Bertz CT molecular complexity index is 1350. The van der Waals surface area contributed by atoms with Gasteiger partial charge in [-0.3, -0.25) is 9.59 Å². The number of carbonyl (C=O) groups is 2. The first-order chi connectivity index (χ1) is 16.4. The molecular formula is C26H18BrClO6. The number of benzene rings is 3. The molecule has 2 aliphatic rings. The van der Waals surface area contributed by atoms with Gasteiger partial charge < -0.3 is 18.9 Å². The van der Waals surface area contributed by atoms with Crippen LogP contribution >= 0.6 is 27.5 Å². The van der Waals surface area contributed by atoms with Gasteiger partial charge >= 0.3 is 0 Å². The van der Waals surface area contributed by atoms with Crippen LogP contribution in [-0.2, 0) is 11.3 Å². The normalized spacial score (nSPS) is 15.4. The summed E-state index contributed by atoms with van der Waals surface area (Å²) >= 11 is 9.37. The Hall–Kier alpha value is -3.13. The van der Waals surface area contributed by atoms with Crippen LogP contribution in [0.2, 0.25) is 5.02 Å². The minimum Gasteiger partial charge on any atom is -0.485 e. The molecule has 0 amide bonds. The maximum absolute atomic E-state index is 13.0. The van der Waals surface area contributed by atoms with Crippen molar-refractivity contribution in [1.29, 1.82) is 0 Å². The van der Waals surface area contributed by atoms with Crippen molar-refractivity contribution < 1.29 is 28.5 Å². The first-order valence-electron chi connectivity index (χ1n) is 10.4. The average molecular weight is 542 g/mol. The summed E-state index contributed by atoms with van der Waals surface area (Å²) in [4.78, 5) is 25.5. The zero-order valence-corrected chi connectivity index (χ0v) is 20.4. The Morgan fingerprint density at radius 3 is 2.74 bits per heavy atom. The van der Waals surface area contributed by atoms with Crippen molar-refractivity contribution in [2.24, 2.45) is 0 Å². The number of Topliss-reactive ketones (excluding diaryl/α,β-unsaturated/α-hetero) is 2. The van der Waals surface area contributed by atoms with Crippen LogP contribution in [0.4, 0.5) is 0 Å². The summed E-state index contributed by atoms with van der Waals surface area (Å²) in [5, 5.41) is 0.556. The van der Waals surface area contributed by atoms with Crippen LogP contribution in [0.5, 0.6) is 17.2 Å². The molecule has 3 aromatic carbocycles. The molecule has 0 aliphatic carbocycles. The Labute approximate surface area is 209 Å². The molecule has 0 fully saturated rings. The lowest BCUT2D eigenvalue weighted by atomic mass is 10.0. The molecular weight excluding hydrogens is 524 g/mol. The van der Waals surface area contributed by atoms with Crippen LogP contribution in [0.25, 0.3) is 6.08 Å². The summed E-state index contributed by atoms with van der Waals surface area (Å²) in [6.45, 7) is 2.21. The molecule has 3 aromatic rings. The van der Waals surface area contributed by atoms with E-state index in [4.69, 9.17) is 30.5 Å². The van der Waals surface area contributed by atoms with E-state index in [2.05, 4.69) is 15.9 Å². The summed E-state index contributed by atoms with van der Waals surface area (Å²) in [5.41, 5.74) is 3.18. The maximum Gasteiger partial charge on any atom is 0.231 e. The number of ketones is 2. The SMILES string of the molecule is Cc1c(OCC(=O)c2ccc(Cl)cc2)ccc2c1O/C(=C\c1cc(Br)cc3c1OCOC3)C2=O. The molecule has 8 heteroatoms. The molecule has 34 heavy (non-hydrogen) atoms. The fourth-order valence-corrected chi connectivity index (χ4v) is 4.49. The molecule has 2 heterocycles. The van der Waals surface area contributed by atoms with Crippen LogP contribution in [0.15, 0.2) is 58.8 Å². The van der Waals surface area contributed by atoms with Crippen molar-refractivity contribution in [1.82, 2.24) is 0 Å². The average Bonchev–Trinajstić information content (AvgIpc) is 3.15. The van der Waals surface area contributed by atoms with E-state index in [1.165, 1.54) is 0 Å². The largest absolute Gasteiger partial charge is 0.485 e. The van der Waals surface area contributed by atoms with Gasteiger partial charge in [-0.15, -0.1) is 0 Å². The van der Waals surface area contributed by atoms with Gasteiger partial charge in [-0.2, -0.15) is 0 Å². The second-order valence-electron chi connectivity index (χ2n) is 7.82.